The standard InChI is InChI=1S/C16H28N4O8.Gd.H2O/c21-13(22)9-17-1-2-18(10-14(23)24)5-6-20(12-16(27)28)8-7-19(4-3-17)11-15(25)26;;/h1-12H2,(H,21,22)(H,23,24)(H,25,26)(H,27,28);;1H2/p+1. The maximum absolute atomic E-state index is 11.1. The van der Waals surface area contributed by atoms with Gasteiger partial charge >= 0.3 is 23.9 Å². The first-order valence-electron chi connectivity index (χ1n) is 8.92. The number of hydrogen-bond acceptors (Lipinski definition) is 8. The normalized spacial score (nSPS) is 18.1. The molecule has 0 aromatic carbocycles. The van der Waals surface area contributed by atoms with E-state index in [4.69, 9.17) is 20.4 Å². The van der Waals surface area contributed by atoms with E-state index in [-0.39, 0.29) is 71.6 Å². The summed E-state index contributed by atoms with van der Waals surface area (Å²) in [5.41, 5.74) is 0. The Labute approximate surface area is 206 Å². The number of rotatable bonds is 8. The Balaban J connectivity index is 0. The number of nitrogens with zero attached hydrogens (tertiary/aromatic N) is 4. The van der Waals surface area contributed by atoms with Crippen LogP contribution in [0.4, 0.5) is 0 Å². The van der Waals surface area contributed by atoms with Crippen molar-refractivity contribution >= 4 is 23.9 Å². The SMILES string of the molecule is O=C(O)CN1CCN(CC(=O)O)CCN(CC(=O)O)CCN(CC(=O)O)CC1.[Gd].[OH3+]. The van der Waals surface area contributed by atoms with E-state index in [1.807, 2.05) is 0 Å². The average Bonchev–Trinajstić information content (AvgIpc) is 2.55. The zero-order valence-corrected chi connectivity index (χ0v) is 18.9. The van der Waals surface area contributed by atoms with E-state index in [1.165, 1.54) is 0 Å². The fourth-order valence-electron chi connectivity index (χ4n) is 2.98. The molecule has 0 amide bonds. The molecule has 0 spiro atoms. The zero-order chi connectivity index (χ0) is 21.1. The molecular weight excluding hydrogens is 549 g/mol. The van der Waals surface area contributed by atoms with Gasteiger partial charge in [0, 0.05) is 92.3 Å². The van der Waals surface area contributed by atoms with Gasteiger partial charge in [-0.05, 0) is 0 Å². The fourth-order valence-corrected chi connectivity index (χ4v) is 2.98. The first-order valence-corrected chi connectivity index (χ1v) is 8.92. The summed E-state index contributed by atoms with van der Waals surface area (Å²) in [6.45, 7) is 1.52. The van der Waals surface area contributed by atoms with E-state index in [1.54, 1.807) is 19.6 Å². The van der Waals surface area contributed by atoms with E-state index in [9.17, 15) is 19.2 Å². The second kappa shape index (κ2) is 16.7. The fraction of sp³-hybridized carbons (Fsp3) is 0.750. The van der Waals surface area contributed by atoms with Crippen molar-refractivity contribution < 1.29 is 85.0 Å². The van der Waals surface area contributed by atoms with Gasteiger partial charge in [-0.3, -0.25) is 38.8 Å². The Kier molecular flexibility index (Phi) is 17.3. The molecule has 1 rings (SSSR count). The van der Waals surface area contributed by atoms with E-state index in [0.717, 1.165) is 0 Å². The van der Waals surface area contributed by atoms with Gasteiger partial charge in [-0.1, -0.05) is 0 Å². The van der Waals surface area contributed by atoms with Crippen molar-refractivity contribution in [2.75, 3.05) is 78.5 Å². The summed E-state index contributed by atoms with van der Waals surface area (Å²) in [5, 5.41) is 36.3. The van der Waals surface area contributed by atoms with Crippen molar-refractivity contribution in [1.29, 1.82) is 0 Å². The molecule has 0 bridgehead atoms. The van der Waals surface area contributed by atoms with Crippen LogP contribution < -0.4 is 0 Å². The molecule has 14 heteroatoms. The third kappa shape index (κ3) is 14.9. The number of aliphatic carboxylic acids is 4. The summed E-state index contributed by atoms with van der Waals surface area (Å²) in [4.78, 5) is 50.9. The molecule has 1 aliphatic rings. The molecule has 0 aromatic heterocycles. The minimum Gasteiger partial charge on any atom is -0.480 e. The maximum Gasteiger partial charge on any atom is 0.317 e. The molecule has 1 aliphatic heterocycles. The van der Waals surface area contributed by atoms with Gasteiger partial charge < -0.3 is 25.9 Å². The molecule has 0 aliphatic carbocycles. The summed E-state index contributed by atoms with van der Waals surface area (Å²) in [7, 11) is 0. The second-order valence-corrected chi connectivity index (χ2v) is 6.68. The van der Waals surface area contributed by atoms with Crippen LogP contribution >= 0.6 is 0 Å². The van der Waals surface area contributed by atoms with E-state index >= 15 is 0 Å². The number of carboxylic acids is 4. The Hall–Kier alpha value is -0.995. The minimum atomic E-state index is -1.02. The van der Waals surface area contributed by atoms with Crippen LogP contribution in [0.5, 0.6) is 0 Å². The molecule has 30 heavy (non-hydrogen) atoms. The van der Waals surface area contributed by atoms with Crippen molar-refractivity contribution in [3.8, 4) is 0 Å². The van der Waals surface area contributed by atoms with Crippen molar-refractivity contribution in [2.45, 2.75) is 0 Å². The molecule has 1 heterocycles. The monoisotopic (exact) mass is 581 g/mol. The third-order valence-corrected chi connectivity index (χ3v) is 4.37. The van der Waals surface area contributed by atoms with Crippen LogP contribution in [0.3, 0.4) is 0 Å². The summed E-state index contributed by atoms with van der Waals surface area (Å²) < 4.78 is 0. The Morgan fingerprint density at radius 2 is 0.600 bits per heavy atom. The molecule has 0 aromatic rings. The predicted molar refractivity (Wildman–Crippen MR) is 101 cm³/mol. The summed E-state index contributed by atoms with van der Waals surface area (Å²) in [5.74, 6) is -4.08. The van der Waals surface area contributed by atoms with Crippen molar-refractivity contribution in [2.24, 2.45) is 0 Å². The molecule has 176 valence electrons. The molecule has 0 atom stereocenters. The minimum absolute atomic E-state index is 0. The van der Waals surface area contributed by atoms with Gasteiger partial charge in [0.25, 0.3) is 0 Å². The first kappa shape index (κ1) is 31.2. The van der Waals surface area contributed by atoms with Crippen LogP contribution in [0.2, 0.25) is 0 Å². The number of carboxylic acid groups (broad SMARTS) is 4. The van der Waals surface area contributed by atoms with Crippen LogP contribution in [0.1, 0.15) is 0 Å². The quantitative estimate of drug-likeness (QED) is 0.208. The Morgan fingerprint density at radius 3 is 0.700 bits per heavy atom. The summed E-state index contributed by atoms with van der Waals surface area (Å²) in [6.07, 6.45) is 0. The summed E-state index contributed by atoms with van der Waals surface area (Å²) in [6, 6.07) is 0. The molecular formula is C16H31GdN4O9+. The van der Waals surface area contributed by atoms with Crippen molar-refractivity contribution in [3.05, 3.63) is 0 Å². The largest absolute Gasteiger partial charge is 0.480 e. The van der Waals surface area contributed by atoms with Gasteiger partial charge in [-0.15, -0.1) is 0 Å². The molecule has 0 saturated carbocycles. The average molecular weight is 581 g/mol. The molecule has 0 radical (unpaired) electrons. The van der Waals surface area contributed by atoms with Gasteiger partial charge in [0.05, 0.1) is 26.2 Å². The van der Waals surface area contributed by atoms with Gasteiger partial charge in [-0.25, -0.2) is 0 Å². The van der Waals surface area contributed by atoms with E-state index in [2.05, 4.69) is 0 Å². The topological polar surface area (TPSA) is 195 Å². The van der Waals surface area contributed by atoms with Crippen LogP contribution in [0, 0.1) is 39.9 Å². The van der Waals surface area contributed by atoms with Crippen LogP contribution in [-0.2, 0) is 24.7 Å². The molecule has 7 N–H and O–H groups in total. The second-order valence-electron chi connectivity index (χ2n) is 6.68. The third-order valence-electron chi connectivity index (χ3n) is 4.37. The van der Waals surface area contributed by atoms with Crippen LogP contribution in [0.25, 0.3) is 0 Å². The first-order chi connectivity index (χ1) is 13.2. The Morgan fingerprint density at radius 1 is 0.467 bits per heavy atom. The van der Waals surface area contributed by atoms with Gasteiger partial charge in [-0.2, -0.15) is 0 Å². The van der Waals surface area contributed by atoms with E-state index < -0.39 is 23.9 Å². The van der Waals surface area contributed by atoms with E-state index in [0.29, 0.717) is 52.4 Å². The molecule has 13 nitrogen and oxygen atoms in total. The number of carbonyl (C=O) groups is 4. The van der Waals surface area contributed by atoms with Gasteiger partial charge in [0.1, 0.15) is 0 Å². The Bertz CT molecular complexity index is 455. The molecule has 1 saturated heterocycles. The van der Waals surface area contributed by atoms with Crippen LogP contribution in [-0.4, -0.2) is 142 Å². The smallest absolute Gasteiger partial charge is 0.317 e. The van der Waals surface area contributed by atoms with Gasteiger partial charge in [0.2, 0.25) is 0 Å². The molecule has 0 unspecified atom stereocenters. The van der Waals surface area contributed by atoms with Crippen molar-refractivity contribution in [1.82, 2.24) is 19.6 Å². The van der Waals surface area contributed by atoms with Crippen molar-refractivity contribution in [3.63, 3.8) is 0 Å². The van der Waals surface area contributed by atoms with Gasteiger partial charge in [0.15, 0.2) is 0 Å². The van der Waals surface area contributed by atoms with Crippen LogP contribution in [0.15, 0.2) is 0 Å². The summed E-state index contributed by atoms with van der Waals surface area (Å²) >= 11 is 0. The molecule has 1 fully saturated rings. The maximum atomic E-state index is 11.1. The number of hydrogen-bond donors (Lipinski definition) is 4. The predicted octanol–water partition coefficient (Wildman–Crippen LogP) is -3.38. The zero-order valence-electron chi connectivity index (χ0n) is 16.6.